The van der Waals surface area contributed by atoms with E-state index in [1.165, 1.54) is 12.8 Å². The van der Waals surface area contributed by atoms with E-state index in [1.807, 2.05) is 0 Å². The highest BCUT2D eigenvalue weighted by Crippen LogP contribution is 2.40. The zero-order chi connectivity index (χ0) is 15.3. The molecule has 2 amide bonds. The summed E-state index contributed by atoms with van der Waals surface area (Å²) in [6, 6.07) is -0.254. The van der Waals surface area contributed by atoms with Crippen molar-refractivity contribution >= 4 is 12.0 Å². The second kappa shape index (κ2) is 7.11. The van der Waals surface area contributed by atoms with Crippen molar-refractivity contribution in [3.63, 3.8) is 0 Å². The maximum absolute atomic E-state index is 11.8. The third kappa shape index (κ3) is 4.33. The van der Waals surface area contributed by atoms with Crippen molar-refractivity contribution in [2.24, 2.45) is 11.3 Å². The Kier molecular flexibility index (Phi) is 5.45. The first kappa shape index (κ1) is 16.1. The average Bonchev–Trinajstić information content (AvgIpc) is 2.87. The molecular weight excluding hydrogens is 270 g/mol. The second-order valence-electron chi connectivity index (χ2n) is 6.62. The van der Waals surface area contributed by atoms with Crippen LogP contribution in [0.5, 0.6) is 0 Å². The van der Waals surface area contributed by atoms with Gasteiger partial charge in [0.15, 0.2) is 0 Å². The van der Waals surface area contributed by atoms with Gasteiger partial charge in [-0.05, 0) is 44.7 Å². The van der Waals surface area contributed by atoms with E-state index >= 15 is 0 Å². The van der Waals surface area contributed by atoms with E-state index in [2.05, 4.69) is 22.5 Å². The first-order valence-corrected chi connectivity index (χ1v) is 7.99. The SMILES string of the molecule is CC(CNC(=O)NCC1(C(=O)O)CCC1)CN1CCCC1. The molecule has 1 heterocycles. The van der Waals surface area contributed by atoms with Gasteiger partial charge in [-0.25, -0.2) is 4.79 Å². The average molecular weight is 297 g/mol. The summed E-state index contributed by atoms with van der Waals surface area (Å²) in [5.74, 6) is -0.387. The lowest BCUT2D eigenvalue weighted by molar-refractivity contribution is -0.153. The van der Waals surface area contributed by atoms with Gasteiger partial charge in [0, 0.05) is 19.6 Å². The van der Waals surface area contributed by atoms with Crippen LogP contribution in [-0.2, 0) is 4.79 Å². The summed E-state index contributed by atoms with van der Waals surface area (Å²) in [7, 11) is 0. The van der Waals surface area contributed by atoms with Crippen LogP contribution in [0.4, 0.5) is 4.79 Å². The third-order valence-electron chi connectivity index (χ3n) is 4.73. The summed E-state index contributed by atoms with van der Waals surface area (Å²) in [4.78, 5) is 25.4. The fraction of sp³-hybridized carbons (Fsp3) is 0.867. The topological polar surface area (TPSA) is 81.7 Å². The summed E-state index contributed by atoms with van der Waals surface area (Å²) >= 11 is 0. The van der Waals surface area contributed by atoms with Crippen molar-refractivity contribution in [2.75, 3.05) is 32.7 Å². The predicted octanol–water partition coefficient (Wildman–Crippen LogP) is 1.27. The molecule has 3 N–H and O–H groups in total. The number of likely N-dealkylation sites (tertiary alicyclic amines) is 1. The van der Waals surface area contributed by atoms with Crippen LogP contribution in [0.15, 0.2) is 0 Å². The van der Waals surface area contributed by atoms with Crippen LogP contribution in [-0.4, -0.2) is 54.7 Å². The first-order valence-electron chi connectivity index (χ1n) is 7.99. The Balaban J connectivity index is 1.61. The van der Waals surface area contributed by atoms with Gasteiger partial charge < -0.3 is 20.6 Å². The van der Waals surface area contributed by atoms with Gasteiger partial charge in [0.05, 0.1) is 5.41 Å². The Labute approximate surface area is 126 Å². The molecule has 1 unspecified atom stereocenters. The zero-order valence-electron chi connectivity index (χ0n) is 12.9. The lowest BCUT2D eigenvalue weighted by atomic mass is 9.69. The quantitative estimate of drug-likeness (QED) is 0.661. The van der Waals surface area contributed by atoms with Crippen molar-refractivity contribution in [3.05, 3.63) is 0 Å². The van der Waals surface area contributed by atoms with Crippen LogP contribution in [0.2, 0.25) is 0 Å². The lowest BCUT2D eigenvalue weighted by Crippen LogP contribution is -2.50. The van der Waals surface area contributed by atoms with E-state index in [-0.39, 0.29) is 12.6 Å². The number of urea groups is 1. The molecule has 1 aliphatic heterocycles. The molecule has 1 atom stereocenters. The molecule has 21 heavy (non-hydrogen) atoms. The number of carbonyl (C=O) groups is 2. The maximum Gasteiger partial charge on any atom is 0.314 e. The molecule has 0 bridgehead atoms. The van der Waals surface area contributed by atoms with E-state index in [0.29, 0.717) is 25.3 Å². The molecule has 1 saturated carbocycles. The van der Waals surface area contributed by atoms with Gasteiger partial charge in [0.1, 0.15) is 0 Å². The Bertz CT molecular complexity index is 376. The Morgan fingerprint density at radius 2 is 1.86 bits per heavy atom. The van der Waals surface area contributed by atoms with Gasteiger partial charge in [-0.1, -0.05) is 13.3 Å². The number of nitrogens with one attached hydrogen (secondary N) is 2. The fourth-order valence-corrected chi connectivity index (χ4v) is 3.12. The third-order valence-corrected chi connectivity index (χ3v) is 4.73. The second-order valence-corrected chi connectivity index (χ2v) is 6.62. The van der Waals surface area contributed by atoms with Gasteiger partial charge in [-0.2, -0.15) is 0 Å². The number of aliphatic carboxylic acids is 1. The molecule has 0 aromatic carbocycles. The largest absolute Gasteiger partial charge is 0.481 e. The minimum absolute atomic E-state index is 0.231. The van der Waals surface area contributed by atoms with E-state index in [4.69, 9.17) is 0 Å². The number of carboxylic acids is 1. The minimum atomic E-state index is -0.795. The zero-order valence-corrected chi connectivity index (χ0v) is 12.9. The molecule has 2 fully saturated rings. The van der Waals surface area contributed by atoms with Crippen molar-refractivity contribution in [1.29, 1.82) is 0 Å². The van der Waals surface area contributed by atoms with E-state index < -0.39 is 11.4 Å². The molecule has 0 spiro atoms. The summed E-state index contributed by atoms with van der Waals surface area (Å²) in [6.45, 7) is 6.33. The molecule has 0 aromatic heterocycles. The van der Waals surface area contributed by atoms with Crippen LogP contribution >= 0.6 is 0 Å². The molecule has 0 aromatic rings. The molecule has 6 heteroatoms. The minimum Gasteiger partial charge on any atom is -0.481 e. The van der Waals surface area contributed by atoms with Crippen molar-refractivity contribution in [3.8, 4) is 0 Å². The molecular formula is C15H27N3O3. The van der Waals surface area contributed by atoms with Crippen LogP contribution in [0.25, 0.3) is 0 Å². The van der Waals surface area contributed by atoms with Gasteiger partial charge in [0.2, 0.25) is 0 Å². The molecule has 2 aliphatic rings. The predicted molar refractivity (Wildman–Crippen MR) is 80.2 cm³/mol. The van der Waals surface area contributed by atoms with Crippen LogP contribution in [0.3, 0.4) is 0 Å². The number of carboxylic acid groups (broad SMARTS) is 1. The van der Waals surface area contributed by atoms with Gasteiger partial charge >= 0.3 is 12.0 Å². The summed E-state index contributed by atoms with van der Waals surface area (Å²) < 4.78 is 0. The van der Waals surface area contributed by atoms with E-state index in [1.54, 1.807) is 0 Å². The van der Waals surface area contributed by atoms with Gasteiger partial charge in [0.25, 0.3) is 0 Å². The lowest BCUT2D eigenvalue weighted by Gasteiger charge is -2.37. The van der Waals surface area contributed by atoms with Gasteiger partial charge in [-0.3, -0.25) is 4.79 Å². The monoisotopic (exact) mass is 297 g/mol. The highest BCUT2D eigenvalue weighted by molar-refractivity contribution is 5.78. The number of nitrogens with zero attached hydrogens (tertiary/aromatic N) is 1. The Morgan fingerprint density at radius 1 is 1.19 bits per heavy atom. The van der Waals surface area contributed by atoms with Crippen LogP contribution < -0.4 is 10.6 Å². The van der Waals surface area contributed by atoms with Crippen molar-refractivity contribution in [1.82, 2.24) is 15.5 Å². The maximum atomic E-state index is 11.8. The standard InChI is InChI=1S/C15H27N3O3/c1-12(10-18-7-2-3-8-18)9-16-14(21)17-11-15(13(19)20)5-4-6-15/h12H,2-11H2,1H3,(H,19,20)(H2,16,17,21). The number of hydrogen-bond acceptors (Lipinski definition) is 3. The molecule has 120 valence electrons. The summed E-state index contributed by atoms with van der Waals surface area (Å²) in [6.07, 6.45) is 4.81. The van der Waals surface area contributed by atoms with Crippen molar-refractivity contribution < 1.29 is 14.7 Å². The normalized spacial score (nSPS) is 22.3. The molecule has 0 radical (unpaired) electrons. The molecule has 6 nitrogen and oxygen atoms in total. The van der Waals surface area contributed by atoms with Crippen molar-refractivity contribution in [2.45, 2.75) is 39.0 Å². The van der Waals surface area contributed by atoms with Crippen LogP contribution in [0.1, 0.15) is 39.0 Å². The number of carbonyl (C=O) groups excluding carboxylic acids is 1. The van der Waals surface area contributed by atoms with Gasteiger partial charge in [-0.15, -0.1) is 0 Å². The first-order chi connectivity index (χ1) is 10.0. The Morgan fingerprint density at radius 3 is 2.38 bits per heavy atom. The summed E-state index contributed by atoms with van der Waals surface area (Å²) in [5, 5.41) is 14.8. The highest BCUT2D eigenvalue weighted by Gasteiger charge is 2.44. The molecule has 2 rings (SSSR count). The number of rotatable bonds is 7. The number of amides is 2. The highest BCUT2D eigenvalue weighted by atomic mass is 16.4. The van der Waals surface area contributed by atoms with Crippen LogP contribution in [0, 0.1) is 11.3 Å². The smallest absolute Gasteiger partial charge is 0.314 e. The van der Waals surface area contributed by atoms with E-state index in [0.717, 1.165) is 26.1 Å². The summed E-state index contributed by atoms with van der Waals surface area (Å²) in [5.41, 5.74) is -0.724. The Hall–Kier alpha value is -1.30. The van der Waals surface area contributed by atoms with E-state index in [9.17, 15) is 14.7 Å². The fourth-order valence-electron chi connectivity index (χ4n) is 3.12. The molecule has 1 saturated heterocycles. The number of hydrogen-bond donors (Lipinski definition) is 3. The molecule has 1 aliphatic carbocycles.